The lowest BCUT2D eigenvalue weighted by molar-refractivity contribution is 0.564. The van der Waals surface area contributed by atoms with E-state index in [0.717, 1.165) is 37.2 Å². The molecule has 0 aliphatic heterocycles. The number of sulfonamides is 1. The number of nitrogens with one attached hydrogen (secondary N) is 1. The minimum absolute atomic E-state index is 0.211. The summed E-state index contributed by atoms with van der Waals surface area (Å²) in [6.07, 6.45) is 6.01. The Morgan fingerprint density at radius 3 is 2.85 bits per heavy atom. The van der Waals surface area contributed by atoms with E-state index < -0.39 is 10.0 Å². The second-order valence-electron chi connectivity index (χ2n) is 5.14. The van der Waals surface area contributed by atoms with Crippen molar-refractivity contribution in [2.24, 2.45) is 0 Å². The van der Waals surface area contributed by atoms with Gasteiger partial charge in [-0.1, -0.05) is 18.9 Å². The molecule has 6 nitrogen and oxygen atoms in total. The third-order valence-electron chi connectivity index (χ3n) is 3.78. The smallest absolute Gasteiger partial charge is 0.214 e. The Morgan fingerprint density at radius 2 is 2.05 bits per heavy atom. The first kappa shape index (κ1) is 13.5. The molecular formula is C13H18N4O2S. The molecule has 1 N–H and O–H groups in total. The molecule has 2 aromatic heterocycles. The zero-order chi connectivity index (χ0) is 14.0. The van der Waals surface area contributed by atoms with E-state index in [1.807, 2.05) is 28.8 Å². The fourth-order valence-corrected chi connectivity index (χ4v) is 4.26. The zero-order valence-electron chi connectivity index (χ0n) is 11.2. The Hall–Kier alpha value is -1.47. The van der Waals surface area contributed by atoms with Crippen molar-refractivity contribution in [2.75, 3.05) is 6.54 Å². The summed E-state index contributed by atoms with van der Waals surface area (Å²) in [5.41, 5.74) is 0.779. The standard InChI is InChI=1S/C13H18N4O2S/c18-20(19,11-5-1-2-6-11)14-9-8-13-16-15-12-7-3-4-10-17(12)13/h3-4,7,10-11,14H,1-2,5-6,8-9H2. The summed E-state index contributed by atoms with van der Waals surface area (Å²) >= 11 is 0. The van der Waals surface area contributed by atoms with Crippen LogP contribution >= 0.6 is 0 Å². The third-order valence-corrected chi connectivity index (χ3v) is 5.73. The van der Waals surface area contributed by atoms with Crippen molar-refractivity contribution in [3.63, 3.8) is 0 Å². The molecule has 1 aliphatic carbocycles. The number of fused-ring (bicyclic) bond motifs is 1. The summed E-state index contributed by atoms with van der Waals surface area (Å²) in [5.74, 6) is 0.773. The summed E-state index contributed by atoms with van der Waals surface area (Å²) in [4.78, 5) is 0. The first-order valence-corrected chi connectivity index (χ1v) is 8.48. The van der Waals surface area contributed by atoms with Crippen LogP contribution in [0.25, 0.3) is 5.65 Å². The highest BCUT2D eigenvalue weighted by molar-refractivity contribution is 7.90. The molecule has 2 heterocycles. The number of hydrogen-bond acceptors (Lipinski definition) is 4. The van der Waals surface area contributed by atoms with E-state index in [0.29, 0.717) is 13.0 Å². The van der Waals surface area contributed by atoms with Crippen LogP contribution in [0.5, 0.6) is 0 Å². The van der Waals surface area contributed by atoms with Gasteiger partial charge in [-0.2, -0.15) is 0 Å². The highest BCUT2D eigenvalue weighted by Gasteiger charge is 2.28. The first-order chi connectivity index (χ1) is 9.67. The first-order valence-electron chi connectivity index (χ1n) is 6.94. The van der Waals surface area contributed by atoms with Crippen molar-refractivity contribution in [3.05, 3.63) is 30.2 Å². The van der Waals surface area contributed by atoms with E-state index in [2.05, 4.69) is 14.9 Å². The average molecular weight is 294 g/mol. The SMILES string of the molecule is O=S(=O)(NCCc1nnc2ccccn12)C1CCCC1. The number of nitrogens with zero attached hydrogens (tertiary/aromatic N) is 3. The predicted molar refractivity (Wildman–Crippen MR) is 75.9 cm³/mol. The molecular weight excluding hydrogens is 276 g/mol. The van der Waals surface area contributed by atoms with Gasteiger partial charge in [0.15, 0.2) is 5.65 Å². The molecule has 1 saturated carbocycles. The Balaban J connectivity index is 1.62. The van der Waals surface area contributed by atoms with Gasteiger partial charge in [0, 0.05) is 19.2 Å². The Bertz CT molecular complexity index is 689. The molecule has 108 valence electrons. The number of aromatic nitrogens is 3. The maximum atomic E-state index is 12.1. The summed E-state index contributed by atoms with van der Waals surface area (Å²) in [5, 5.41) is 7.93. The lowest BCUT2D eigenvalue weighted by Crippen LogP contribution is -2.34. The van der Waals surface area contributed by atoms with Crippen LogP contribution in [0, 0.1) is 0 Å². The van der Waals surface area contributed by atoms with Gasteiger partial charge in [0.25, 0.3) is 0 Å². The third kappa shape index (κ3) is 2.69. The lowest BCUT2D eigenvalue weighted by Gasteiger charge is -2.11. The van der Waals surface area contributed by atoms with Crippen LogP contribution in [-0.4, -0.2) is 34.8 Å². The van der Waals surface area contributed by atoms with Gasteiger partial charge in [0.2, 0.25) is 10.0 Å². The highest BCUT2D eigenvalue weighted by atomic mass is 32.2. The zero-order valence-corrected chi connectivity index (χ0v) is 12.0. The fraction of sp³-hybridized carbons (Fsp3) is 0.538. The molecule has 0 spiro atoms. The van der Waals surface area contributed by atoms with Gasteiger partial charge in [0.1, 0.15) is 5.82 Å². The summed E-state index contributed by atoms with van der Waals surface area (Å²) in [6.45, 7) is 0.370. The monoisotopic (exact) mass is 294 g/mol. The molecule has 20 heavy (non-hydrogen) atoms. The normalized spacial score (nSPS) is 17.0. The van der Waals surface area contributed by atoms with E-state index in [1.54, 1.807) is 0 Å². The molecule has 0 bridgehead atoms. The molecule has 0 amide bonds. The van der Waals surface area contributed by atoms with E-state index in [4.69, 9.17) is 0 Å². The molecule has 2 aromatic rings. The van der Waals surface area contributed by atoms with Gasteiger partial charge in [-0.05, 0) is 25.0 Å². The quantitative estimate of drug-likeness (QED) is 0.897. The average Bonchev–Trinajstić information content (AvgIpc) is 3.08. The molecule has 0 atom stereocenters. The van der Waals surface area contributed by atoms with Crippen LogP contribution < -0.4 is 4.72 Å². The predicted octanol–water partition coefficient (Wildman–Crippen LogP) is 1.13. The van der Waals surface area contributed by atoms with Crippen LogP contribution in [0.1, 0.15) is 31.5 Å². The fourth-order valence-electron chi connectivity index (χ4n) is 2.68. The van der Waals surface area contributed by atoms with Gasteiger partial charge in [-0.15, -0.1) is 10.2 Å². The van der Waals surface area contributed by atoms with Crippen molar-refractivity contribution in [1.82, 2.24) is 19.3 Å². The van der Waals surface area contributed by atoms with Crippen molar-refractivity contribution >= 4 is 15.7 Å². The largest absolute Gasteiger partial charge is 0.286 e. The van der Waals surface area contributed by atoms with E-state index in [1.165, 1.54) is 0 Å². The van der Waals surface area contributed by atoms with Crippen molar-refractivity contribution < 1.29 is 8.42 Å². The van der Waals surface area contributed by atoms with Crippen molar-refractivity contribution in [2.45, 2.75) is 37.4 Å². The van der Waals surface area contributed by atoms with Crippen LogP contribution in [0.15, 0.2) is 24.4 Å². The molecule has 0 radical (unpaired) electrons. The highest BCUT2D eigenvalue weighted by Crippen LogP contribution is 2.23. The van der Waals surface area contributed by atoms with Gasteiger partial charge >= 0.3 is 0 Å². The van der Waals surface area contributed by atoms with Crippen LogP contribution in [-0.2, 0) is 16.4 Å². The van der Waals surface area contributed by atoms with Crippen LogP contribution in [0.3, 0.4) is 0 Å². The van der Waals surface area contributed by atoms with Crippen molar-refractivity contribution in [3.8, 4) is 0 Å². The number of pyridine rings is 1. The second-order valence-corrected chi connectivity index (χ2v) is 7.19. The molecule has 0 unspecified atom stereocenters. The Kier molecular flexibility index (Phi) is 3.71. The summed E-state index contributed by atoms with van der Waals surface area (Å²) < 4.78 is 28.7. The topological polar surface area (TPSA) is 76.4 Å². The molecule has 0 saturated heterocycles. The van der Waals surface area contributed by atoms with Gasteiger partial charge in [-0.3, -0.25) is 4.40 Å². The molecule has 1 aliphatic rings. The van der Waals surface area contributed by atoms with Gasteiger partial charge in [-0.25, -0.2) is 13.1 Å². The second kappa shape index (κ2) is 5.49. The Labute approximate surface area is 118 Å². The van der Waals surface area contributed by atoms with Crippen molar-refractivity contribution in [1.29, 1.82) is 0 Å². The molecule has 3 rings (SSSR count). The number of rotatable bonds is 5. The summed E-state index contributed by atoms with van der Waals surface area (Å²) in [7, 11) is -3.17. The minimum Gasteiger partial charge on any atom is -0.286 e. The van der Waals surface area contributed by atoms with E-state index in [9.17, 15) is 8.42 Å². The van der Waals surface area contributed by atoms with Crippen LogP contribution in [0.4, 0.5) is 0 Å². The summed E-state index contributed by atoms with van der Waals surface area (Å²) in [6, 6.07) is 5.68. The van der Waals surface area contributed by atoms with E-state index in [-0.39, 0.29) is 5.25 Å². The van der Waals surface area contributed by atoms with E-state index >= 15 is 0 Å². The molecule has 0 aromatic carbocycles. The minimum atomic E-state index is -3.17. The number of hydrogen-bond donors (Lipinski definition) is 1. The maximum Gasteiger partial charge on any atom is 0.214 e. The van der Waals surface area contributed by atoms with Gasteiger partial charge < -0.3 is 0 Å². The van der Waals surface area contributed by atoms with Gasteiger partial charge in [0.05, 0.1) is 5.25 Å². The lowest BCUT2D eigenvalue weighted by atomic mass is 10.4. The Morgan fingerprint density at radius 1 is 1.25 bits per heavy atom. The molecule has 7 heteroatoms. The van der Waals surface area contributed by atoms with Crippen LogP contribution in [0.2, 0.25) is 0 Å². The maximum absolute atomic E-state index is 12.1. The molecule has 1 fully saturated rings.